The fourth-order valence-corrected chi connectivity index (χ4v) is 3.36. The van der Waals surface area contributed by atoms with Crippen LogP contribution in [0.5, 0.6) is 5.75 Å². The number of nitrogens with zero attached hydrogens (tertiary/aromatic N) is 2. The van der Waals surface area contributed by atoms with E-state index in [9.17, 15) is 10.1 Å². The van der Waals surface area contributed by atoms with Gasteiger partial charge in [-0.05, 0) is 57.8 Å². The lowest BCUT2D eigenvalue weighted by atomic mass is 10.0. The molecule has 0 radical (unpaired) electrons. The summed E-state index contributed by atoms with van der Waals surface area (Å²) in [7, 11) is 3.22. The first kappa shape index (κ1) is 21.7. The van der Waals surface area contributed by atoms with E-state index < -0.39 is 0 Å². The largest absolute Gasteiger partial charge is 0.487 e. The van der Waals surface area contributed by atoms with Gasteiger partial charge < -0.3 is 9.64 Å². The molecule has 0 N–H and O–H groups in total. The van der Waals surface area contributed by atoms with Crippen molar-refractivity contribution >= 4 is 39.5 Å². The summed E-state index contributed by atoms with van der Waals surface area (Å²) in [5.74, 6) is 0.331. The Morgan fingerprint density at radius 3 is 2.64 bits per heavy atom. The van der Waals surface area contributed by atoms with Crippen molar-refractivity contribution in [1.29, 1.82) is 5.26 Å². The highest BCUT2D eigenvalue weighted by Gasteiger charge is 2.14. The molecule has 0 bridgehead atoms. The lowest BCUT2D eigenvalue weighted by Crippen LogP contribution is -2.22. The molecule has 4 nitrogen and oxygen atoms in total. The van der Waals surface area contributed by atoms with Crippen LogP contribution in [0, 0.1) is 11.3 Å². The van der Waals surface area contributed by atoms with E-state index >= 15 is 0 Å². The summed E-state index contributed by atoms with van der Waals surface area (Å²) in [4.78, 5) is 13.5. The van der Waals surface area contributed by atoms with Gasteiger partial charge in [0.15, 0.2) is 0 Å². The third kappa shape index (κ3) is 5.48. The molecule has 0 aliphatic heterocycles. The summed E-state index contributed by atoms with van der Waals surface area (Å²) in [6.07, 6.45) is 3.91. The number of allylic oxidation sites excluding steroid dienone is 1. The van der Waals surface area contributed by atoms with Crippen molar-refractivity contribution in [2.45, 2.75) is 13.0 Å². The molecule has 0 aromatic heterocycles. The second kappa shape index (κ2) is 10.1. The SMILES string of the molecule is C=CCc1cc(/C=C(/C#N)C(=O)N(C)C)cc(Br)c1OCc1ccccc1Cl. The maximum atomic E-state index is 12.1. The van der Waals surface area contributed by atoms with Crippen LogP contribution >= 0.6 is 27.5 Å². The Labute approximate surface area is 178 Å². The molecule has 6 heteroatoms. The number of rotatable bonds is 7. The molecule has 0 atom stereocenters. The first-order chi connectivity index (χ1) is 13.4. The molecule has 0 fully saturated rings. The summed E-state index contributed by atoms with van der Waals surface area (Å²) in [5.41, 5.74) is 2.55. The fourth-order valence-electron chi connectivity index (χ4n) is 2.54. The Hall–Kier alpha value is -2.55. The van der Waals surface area contributed by atoms with Crippen LogP contribution in [-0.2, 0) is 17.8 Å². The number of carbonyl (C=O) groups is 1. The summed E-state index contributed by atoms with van der Waals surface area (Å²) < 4.78 is 6.74. The first-order valence-corrected chi connectivity index (χ1v) is 9.67. The fraction of sp³-hybridized carbons (Fsp3) is 0.182. The van der Waals surface area contributed by atoms with E-state index in [4.69, 9.17) is 16.3 Å². The van der Waals surface area contributed by atoms with Gasteiger partial charge >= 0.3 is 0 Å². The molecule has 0 saturated heterocycles. The minimum atomic E-state index is -0.345. The van der Waals surface area contributed by atoms with Crippen molar-refractivity contribution < 1.29 is 9.53 Å². The third-order valence-corrected chi connectivity index (χ3v) is 4.86. The topological polar surface area (TPSA) is 53.3 Å². The average Bonchev–Trinajstić information content (AvgIpc) is 2.66. The molecule has 2 aromatic carbocycles. The van der Waals surface area contributed by atoms with E-state index in [2.05, 4.69) is 22.5 Å². The Bertz CT molecular complexity index is 961. The summed E-state index contributed by atoms with van der Waals surface area (Å²) >= 11 is 9.74. The number of ether oxygens (including phenoxy) is 1. The molecule has 0 saturated carbocycles. The minimum Gasteiger partial charge on any atom is -0.487 e. The van der Waals surface area contributed by atoms with Gasteiger partial charge in [0.1, 0.15) is 24.0 Å². The monoisotopic (exact) mass is 458 g/mol. The van der Waals surface area contributed by atoms with Gasteiger partial charge in [0, 0.05) is 24.7 Å². The van der Waals surface area contributed by atoms with Crippen molar-refractivity contribution in [3.63, 3.8) is 0 Å². The Morgan fingerprint density at radius 1 is 1.32 bits per heavy atom. The molecular weight excluding hydrogens is 440 g/mol. The molecule has 0 heterocycles. The highest BCUT2D eigenvalue weighted by Crippen LogP contribution is 2.33. The van der Waals surface area contributed by atoms with E-state index in [-0.39, 0.29) is 11.5 Å². The van der Waals surface area contributed by atoms with Crippen LogP contribution in [0.15, 0.2) is 59.1 Å². The number of hydrogen-bond donors (Lipinski definition) is 0. The Morgan fingerprint density at radius 2 is 2.04 bits per heavy atom. The van der Waals surface area contributed by atoms with Gasteiger partial charge in [-0.15, -0.1) is 6.58 Å². The molecular formula is C22H20BrClN2O2. The number of benzene rings is 2. The molecule has 0 spiro atoms. The quantitative estimate of drug-likeness (QED) is 0.316. The van der Waals surface area contributed by atoms with Gasteiger partial charge in [-0.1, -0.05) is 35.9 Å². The van der Waals surface area contributed by atoms with Crippen LogP contribution in [0.2, 0.25) is 5.02 Å². The predicted octanol–water partition coefficient (Wildman–Crippen LogP) is 5.41. The highest BCUT2D eigenvalue weighted by atomic mass is 79.9. The van der Waals surface area contributed by atoms with Crippen molar-refractivity contribution in [3.8, 4) is 11.8 Å². The molecule has 0 unspecified atom stereocenters. The minimum absolute atomic E-state index is 0.0613. The predicted molar refractivity (Wildman–Crippen MR) is 116 cm³/mol. The highest BCUT2D eigenvalue weighted by molar-refractivity contribution is 9.10. The summed E-state index contributed by atoms with van der Waals surface area (Å²) in [6, 6.07) is 13.2. The van der Waals surface area contributed by atoms with Gasteiger partial charge in [0.05, 0.1) is 4.47 Å². The van der Waals surface area contributed by atoms with Crippen molar-refractivity contribution in [3.05, 3.63) is 80.8 Å². The van der Waals surface area contributed by atoms with E-state index in [1.165, 1.54) is 4.90 Å². The molecule has 1 amide bonds. The number of likely N-dealkylation sites (N-methyl/N-ethyl adjacent to an activating group) is 1. The second-order valence-corrected chi connectivity index (χ2v) is 7.49. The van der Waals surface area contributed by atoms with E-state index in [0.717, 1.165) is 21.2 Å². The van der Waals surface area contributed by atoms with Crippen LogP contribution in [0.1, 0.15) is 16.7 Å². The summed E-state index contributed by atoms with van der Waals surface area (Å²) in [5, 5.41) is 9.95. The zero-order chi connectivity index (χ0) is 20.7. The molecule has 2 rings (SSSR count). The van der Waals surface area contributed by atoms with Gasteiger partial charge in [-0.2, -0.15) is 5.26 Å². The average molecular weight is 460 g/mol. The summed E-state index contributed by atoms with van der Waals surface area (Å²) in [6.45, 7) is 4.12. The Balaban J connectivity index is 2.38. The normalized spacial score (nSPS) is 10.9. The molecule has 0 aliphatic rings. The number of halogens is 2. The maximum Gasteiger partial charge on any atom is 0.264 e. The van der Waals surface area contributed by atoms with Crippen LogP contribution < -0.4 is 4.74 Å². The Kier molecular flexibility index (Phi) is 7.86. The zero-order valence-corrected chi connectivity index (χ0v) is 18.0. The van der Waals surface area contributed by atoms with Gasteiger partial charge in [0.2, 0.25) is 0 Å². The second-order valence-electron chi connectivity index (χ2n) is 6.23. The maximum absolute atomic E-state index is 12.1. The zero-order valence-electron chi connectivity index (χ0n) is 15.7. The van der Waals surface area contributed by atoms with Gasteiger partial charge in [-0.25, -0.2) is 0 Å². The molecule has 28 heavy (non-hydrogen) atoms. The standard InChI is InChI=1S/C22H20BrClN2O2/c1-4-7-16-10-15(11-18(13-25)22(27)26(2)3)12-19(23)21(16)28-14-17-8-5-6-9-20(17)24/h4-6,8-12H,1,7,14H2,2-3H3/b18-11-. The molecule has 0 aliphatic carbocycles. The van der Waals surface area contributed by atoms with Crippen LogP contribution in [0.25, 0.3) is 6.08 Å². The number of carbonyl (C=O) groups excluding carboxylic acids is 1. The molecule has 144 valence electrons. The number of amides is 1. The van der Waals surface area contributed by atoms with Crippen LogP contribution in [0.3, 0.4) is 0 Å². The van der Waals surface area contributed by atoms with Crippen LogP contribution in [-0.4, -0.2) is 24.9 Å². The lowest BCUT2D eigenvalue weighted by Gasteiger charge is -2.15. The van der Waals surface area contributed by atoms with E-state index in [1.54, 1.807) is 26.2 Å². The van der Waals surface area contributed by atoms with Crippen LogP contribution in [0.4, 0.5) is 0 Å². The van der Waals surface area contributed by atoms with Crippen molar-refractivity contribution in [1.82, 2.24) is 4.90 Å². The van der Waals surface area contributed by atoms with Gasteiger partial charge in [0.25, 0.3) is 5.91 Å². The number of nitriles is 1. The lowest BCUT2D eigenvalue weighted by molar-refractivity contribution is -0.124. The first-order valence-electron chi connectivity index (χ1n) is 8.50. The van der Waals surface area contributed by atoms with Crippen molar-refractivity contribution in [2.24, 2.45) is 0 Å². The van der Waals surface area contributed by atoms with Gasteiger partial charge in [-0.3, -0.25) is 4.79 Å². The van der Waals surface area contributed by atoms with E-state index in [1.807, 2.05) is 42.5 Å². The molecule has 2 aromatic rings. The number of hydrogen-bond acceptors (Lipinski definition) is 3. The van der Waals surface area contributed by atoms with E-state index in [0.29, 0.717) is 23.8 Å². The third-order valence-electron chi connectivity index (χ3n) is 3.90. The van der Waals surface area contributed by atoms with Crippen molar-refractivity contribution in [2.75, 3.05) is 14.1 Å². The smallest absolute Gasteiger partial charge is 0.264 e.